The lowest BCUT2D eigenvalue weighted by atomic mass is 9.95. The molecule has 0 aliphatic carbocycles. The first-order valence-electron chi connectivity index (χ1n) is 8.05. The van der Waals surface area contributed by atoms with Crippen LogP contribution in [0.2, 0.25) is 10.0 Å². The van der Waals surface area contributed by atoms with Crippen LogP contribution < -0.4 is 16.0 Å². The van der Waals surface area contributed by atoms with E-state index < -0.39 is 5.41 Å². The minimum absolute atomic E-state index is 0.0664. The third-order valence-corrected chi connectivity index (χ3v) is 4.20. The Morgan fingerprint density at radius 3 is 2.19 bits per heavy atom. The number of benzene rings is 2. The highest BCUT2D eigenvalue weighted by Gasteiger charge is 2.21. The van der Waals surface area contributed by atoms with E-state index >= 15 is 0 Å². The minimum atomic E-state index is -0.483. The summed E-state index contributed by atoms with van der Waals surface area (Å²) in [6.45, 7) is 5.60. The molecule has 0 spiro atoms. The lowest BCUT2D eigenvalue weighted by Crippen LogP contribution is -2.27. The van der Waals surface area contributed by atoms with Gasteiger partial charge in [0.1, 0.15) is 0 Å². The molecule has 2 rings (SSSR count). The zero-order chi connectivity index (χ0) is 19.3. The van der Waals surface area contributed by atoms with E-state index in [1.807, 2.05) is 26.8 Å². The van der Waals surface area contributed by atoms with Gasteiger partial charge in [0.25, 0.3) is 0 Å². The van der Waals surface area contributed by atoms with Crippen LogP contribution in [0.1, 0.15) is 20.8 Å². The molecule has 0 radical (unpaired) electrons. The smallest absolute Gasteiger partial charge is 0.243 e. The summed E-state index contributed by atoms with van der Waals surface area (Å²) in [5.41, 5.74) is 1.47. The molecule has 0 bridgehead atoms. The molecule has 2 amide bonds. The van der Waals surface area contributed by atoms with E-state index in [2.05, 4.69) is 16.0 Å². The van der Waals surface area contributed by atoms with Gasteiger partial charge in [-0.2, -0.15) is 0 Å². The molecular formula is C19H21Cl2N3O2. The second kappa shape index (κ2) is 8.43. The molecule has 0 aliphatic rings. The summed E-state index contributed by atoms with van der Waals surface area (Å²) in [7, 11) is 0. The van der Waals surface area contributed by atoms with Gasteiger partial charge in [-0.15, -0.1) is 0 Å². The topological polar surface area (TPSA) is 70.2 Å². The summed E-state index contributed by atoms with van der Waals surface area (Å²) in [4.78, 5) is 24.1. The molecule has 0 unspecified atom stereocenters. The molecule has 26 heavy (non-hydrogen) atoms. The molecule has 5 nitrogen and oxygen atoms in total. The fraction of sp³-hybridized carbons (Fsp3) is 0.263. The Bertz CT molecular complexity index is 817. The minimum Gasteiger partial charge on any atom is -0.376 e. The van der Waals surface area contributed by atoms with Crippen LogP contribution in [-0.4, -0.2) is 18.4 Å². The predicted molar refractivity (Wildman–Crippen MR) is 108 cm³/mol. The van der Waals surface area contributed by atoms with Crippen molar-refractivity contribution < 1.29 is 9.59 Å². The van der Waals surface area contributed by atoms with Gasteiger partial charge in [-0.1, -0.05) is 50.0 Å². The van der Waals surface area contributed by atoms with Gasteiger partial charge >= 0.3 is 0 Å². The molecule has 0 saturated carbocycles. The van der Waals surface area contributed by atoms with Crippen molar-refractivity contribution in [3.05, 3.63) is 52.5 Å². The van der Waals surface area contributed by atoms with Gasteiger partial charge < -0.3 is 16.0 Å². The normalized spacial score (nSPS) is 11.0. The summed E-state index contributed by atoms with van der Waals surface area (Å²) in [6, 6.07) is 12.1. The summed E-state index contributed by atoms with van der Waals surface area (Å²) in [5, 5.41) is 9.41. The highest BCUT2D eigenvalue weighted by Crippen LogP contribution is 2.25. The van der Waals surface area contributed by atoms with Crippen LogP contribution in [0.3, 0.4) is 0 Å². The Kier molecular flexibility index (Phi) is 6.51. The molecule has 0 heterocycles. The molecule has 0 fully saturated rings. The number of carbonyl (C=O) groups excluding carboxylic acids is 2. The first-order valence-corrected chi connectivity index (χ1v) is 8.81. The van der Waals surface area contributed by atoms with Crippen LogP contribution in [0.15, 0.2) is 42.5 Å². The first kappa shape index (κ1) is 20.1. The van der Waals surface area contributed by atoms with Gasteiger partial charge in [0, 0.05) is 22.5 Å². The summed E-state index contributed by atoms with van der Waals surface area (Å²) >= 11 is 11.8. The van der Waals surface area contributed by atoms with Crippen molar-refractivity contribution in [3.63, 3.8) is 0 Å². The highest BCUT2D eigenvalue weighted by atomic mass is 35.5. The quantitative estimate of drug-likeness (QED) is 0.666. The molecule has 2 aromatic rings. The van der Waals surface area contributed by atoms with E-state index in [-0.39, 0.29) is 18.4 Å². The predicted octanol–water partition coefficient (Wildman–Crippen LogP) is 5.03. The summed E-state index contributed by atoms with van der Waals surface area (Å²) in [6.07, 6.45) is 0. The van der Waals surface area contributed by atoms with Gasteiger partial charge in [-0.3, -0.25) is 9.59 Å². The molecule has 0 atom stereocenters. The first-order chi connectivity index (χ1) is 12.1. The van der Waals surface area contributed by atoms with Crippen LogP contribution in [0.4, 0.5) is 17.1 Å². The Balaban J connectivity index is 1.92. The average molecular weight is 394 g/mol. The Labute approximate surface area is 163 Å². The number of rotatable bonds is 5. The molecule has 7 heteroatoms. The fourth-order valence-corrected chi connectivity index (χ4v) is 2.29. The van der Waals surface area contributed by atoms with E-state index in [0.717, 1.165) is 5.69 Å². The molecule has 3 N–H and O–H groups in total. The van der Waals surface area contributed by atoms with Crippen molar-refractivity contribution in [1.29, 1.82) is 0 Å². The Morgan fingerprint density at radius 2 is 1.54 bits per heavy atom. The van der Waals surface area contributed by atoms with Crippen LogP contribution in [0.25, 0.3) is 0 Å². The molecule has 0 aromatic heterocycles. The summed E-state index contributed by atoms with van der Waals surface area (Å²) < 4.78 is 0. The number of hydrogen-bond acceptors (Lipinski definition) is 3. The van der Waals surface area contributed by atoms with Gasteiger partial charge in [0.15, 0.2) is 0 Å². The third kappa shape index (κ3) is 5.93. The van der Waals surface area contributed by atoms with Crippen molar-refractivity contribution in [2.75, 3.05) is 22.5 Å². The van der Waals surface area contributed by atoms with Crippen molar-refractivity contribution in [1.82, 2.24) is 0 Å². The lowest BCUT2D eigenvalue weighted by Gasteiger charge is -2.18. The van der Waals surface area contributed by atoms with Gasteiger partial charge in [-0.25, -0.2) is 0 Å². The molecule has 0 saturated heterocycles. The van der Waals surface area contributed by atoms with E-state index in [1.54, 1.807) is 36.4 Å². The zero-order valence-electron chi connectivity index (χ0n) is 14.8. The van der Waals surface area contributed by atoms with Crippen molar-refractivity contribution >= 4 is 52.1 Å². The standard InChI is InChI=1S/C19H21Cl2N3O2/c1-19(2,3)18(26)24-13-6-4-5-12(9-13)22-11-17(25)23-14-7-8-15(20)16(21)10-14/h4-10,22H,11H2,1-3H3,(H,23,25)(H,24,26). The van der Waals surface area contributed by atoms with Gasteiger partial charge in [0.05, 0.1) is 16.6 Å². The number of amides is 2. The second-order valence-corrected chi connectivity index (χ2v) is 7.63. The maximum Gasteiger partial charge on any atom is 0.243 e. The molecule has 0 aliphatic heterocycles. The summed E-state index contributed by atoms with van der Waals surface area (Å²) in [5.74, 6) is -0.306. The third-order valence-electron chi connectivity index (χ3n) is 3.46. The molecule has 2 aromatic carbocycles. The van der Waals surface area contributed by atoms with Crippen LogP contribution >= 0.6 is 23.2 Å². The van der Waals surface area contributed by atoms with Crippen LogP contribution in [0, 0.1) is 5.41 Å². The monoisotopic (exact) mass is 393 g/mol. The Morgan fingerprint density at radius 1 is 0.885 bits per heavy atom. The largest absolute Gasteiger partial charge is 0.376 e. The van der Waals surface area contributed by atoms with Crippen molar-refractivity contribution in [3.8, 4) is 0 Å². The number of hydrogen-bond donors (Lipinski definition) is 3. The number of halogens is 2. The van der Waals surface area contributed by atoms with Crippen molar-refractivity contribution in [2.45, 2.75) is 20.8 Å². The highest BCUT2D eigenvalue weighted by molar-refractivity contribution is 6.42. The maximum absolute atomic E-state index is 12.1. The van der Waals surface area contributed by atoms with Gasteiger partial charge in [0.2, 0.25) is 11.8 Å². The van der Waals surface area contributed by atoms with E-state index in [1.165, 1.54) is 0 Å². The maximum atomic E-state index is 12.1. The van der Waals surface area contributed by atoms with E-state index in [9.17, 15) is 9.59 Å². The molecular weight excluding hydrogens is 373 g/mol. The van der Waals surface area contributed by atoms with Gasteiger partial charge in [-0.05, 0) is 36.4 Å². The van der Waals surface area contributed by atoms with Crippen LogP contribution in [0.5, 0.6) is 0 Å². The number of anilines is 3. The van der Waals surface area contributed by atoms with E-state index in [4.69, 9.17) is 23.2 Å². The van der Waals surface area contributed by atoms with E-state index in [0.29, 0.717) is 21.4 Å². The van der Waals surface area contributed by atoms with Crippen molar-refractivity contribution in [2.24, 2.45) is 5.41 Å². The average Bonchev–Trinajstić information content (AvgIpc) is 2.56. The molecule has 138 valence electrons. The number of nitrogens with one attached hydrogen (secondary N) is 3. The second-order valence-electron chi connectivity index (χ2n) is 6.82. The Hall–Kier alpha value is -2.24. The SMILES string of the molecule is CC(C)(C)C(=O)Nc1cccc(NCC(=O)Nc2ccc(Cl)c(Cl)c2)c1. The fourth-order valence-electron chi connectivity index (χ4n) is 1.99. The van der Waals surface area contributed by atoms with Crippen LogP contribution in [-0.2, 0) is 9.59 Å². The number of carbonyl (C=O) groups is 2. The lowest BCUT2D eigenvalue weighted by molar-refractivity contribution is -0.123. The zero-order valence-corrected chi connectivity index (χ0v) is 16.3.